The summed E-state index contributed by atoms with van der Waals surface area (Å²) in [5, 5.41) is 0. The van der Waals surface area contributed by atoms with Crippen molar-refractivity contribution in [3.05, 3.63) is 53.9 Å². The number of nitrogens with zero attached hydrogens (tertiary/aromatic N) is 1. The van der Waals surface area contributed by atoms with Crippen molar-refractivity contribution in [1.82, 2.24) is 4.98 Å². The van der Waals surface area contributed by atoms with E-state index in [1.165, 1.54) is 7.11 Å². The van der Waals surface area contributed by atoms with E-state index < -0.39 is 5.97 Å². The van der Waals surface area contributed by atoms with Gasteiger partial charge in [0.15, 0.2) is 0 Å². The summed E-state index contributed by atoms with van der Waals surface area (Å²) in [6.45, 7) is 0.156. The number of hydrogen-bond acceptors (Lipinski definition) is 5. The van der Waals surface area contributed by atoms with Crippen LogP contribution in [0.5, 0.6) is 5.75 Å². The number of hydrogen-bond donors (Lipinski definition) is 1. The molecule has 1 heterocycles. The molecule has 0 fully saturated rings. The van der Waals surface area contributed by atoms with Crippen LogP contribution in [0.25, 0.3) is 0 Å². The molecule has 0 aliphatic rings. The molecule has 0 saturated carbocycles. The molecular formula is C14H14N2O3. The lowest BCUT2D eigenvalue weighted by Gasteiger charge is -2.08. The normalized spacial score (nSPS) is 9.95. The maximum absolute atomic E-state index is 11.9. The molecule has 5 heteroatoms. The van der Waals surface area contributed by atoms with Crippen LogP contribution in [0.1, 0.15) is 15.9 Å². The largest absolute Gasteiger partial charge is 0.497 e. The van der Waals surface area contributed by atoms with Gasteiger partial charge < -0.3 is 15.2 Å². The summed E-state index contributed by atoms with van der Waals surface area (Å²) in [6.07, 6.45) is 3.30. The van der Waals surface area contributed by atoms with Gasteiger partial charge in [0.2, 0.25) is 0 Å². The molecule has 0 aliphatic heterocycles. The molecule has 0 spiro atoms. The summed E-state index contributed by atoms with van der Waals surface area (Å²) in [7, 11) is 1.52. The fourth-order valence-electron chi connectivity index (χ4n) is 1.55. The molecule has 19 heavy (non-hydrogen) atoms. The third-order valence-corrected chi connectivity index (χ3v) is 2.57. The maximum Gasteiger partial charge on any atom is 0.340 e. The molecule has 0 unspecified atom stereocenters. The van der Waals surface area contributed by atoms with Crippen LogP contribution in [0.3, 0.4) is 0 Å². The van der Waals surface area contributed by atoms with Gasteiger partial charge in [0.25, 0.3) is 0 Å². The predicted molar refractivity (Wildman–Crippen MR) is 70.8 cm³/mol. The van der Waals surface area contributed by atoms with Gasteiger partial charge in [-0.05, 0) is 24.3 Å². The smallest absolute Gasteiger partial charge is 0.340 e. The van der Waals surface area contributed by atoms with Crippen LogP contribution in [0.2, 0.25) is 0 Å². The van der Waals surface area contributed by atoms with E-state index in [1.807, 2.05) is 6.07 Å². The third kappa shape index (κ3) is 3.22. The summed E-state index contributed by atoms with van der Waals surface area (Å²) in [5.74, 6) is 0.0720. The van der Waals surface area contributed by atoms with E-state index in [2.05, 4.69) is 4.98 Å². The average molecular weight is 258 g/mol. The molecule has 2 rings (SSSR count). The Balaban J connectivity index is 2.08. The highest BCUT2D eigenvalue weighted by molar-refractivity contribution is 5.95. The van der Waals surface area contributed by atoms with E-state index >= 15 is 0 Å². The molecule has 5 nitrogen and oxygen atoms in total. The fourth-order valence-corrected chi connectivity index (χ4v) is 1.55. The Morgan fingerprint density at radius 1 is 1.37 bits per heavy atom. The molecule has 0 atom stereocenters. The average Bonchev–Trinajstić information content (AvgIpc) is 2.46. The second-order valence-electron chi connectivity index (χ2n) is 3.89. The van der Waals surface area contributed by atoms with Crippen LogP contribution in [-0.2, 0) is 11.3 Å². The van der Waals surface area contributed by atoms with E-state index in [-0.39, 0.29) is 6.61 Å². The highest BCUT2D eigenvalue weighted by Crippen LogP contribution is 2.20. The molecule has 0 amide bonds. The van der Waals surface area contributed by atoms with Gasteiger partial charge in [0, 0.05) is 23.6 Å². The summed E-state index contributed by atoms with van der Waals surface area (Å²) >= 11 is 0. The van der Waals surface area contributed by atoms with Crippen molar-refractivity contribution in [2.75, 3.05) is 12.8 Å². The molecule has 1 aromatic carbocycles. The van der Waals surface area contributed by atoms with Gasteiger partial charge >= 0.3 is 5.97 Å². The van der Waals surface area contributed by atoms with Crippen molar-refractivity contribution >= 4 is 11.7 Å². The Kier molecular flexibility index (Phi) is 3.97. The van der Waals surface area contributed by atoms with Gasteiger partial charge in [0.1, 0.15) is 12.4 Å². The zero-order valence-electron chi connectivity index (χ0n) is 10.5. The first kappa shape index (κ1) is 12.9. The Labute approximate surface area is 111 Å². The fraction of sp³-hybridized carbons (Fsp3) is 0.143. The van der Waals surface area contributed by atoms with Gasteiger partial charge in [-0.2, -0.15) is 0 Å². The van der Waals surface area contributed by atoms with Gasteiger partial charge in [-0.3, -0.25) is 4.98 Å². The zero-order chi connectivity index (χ0) is 13.7. The molecule has 0 aliphatic carbocycles. The second-order valence-corrected chi connectivity index (χ2v) is 3.89. The monoisotopic (exact) mass is 258 g/mol. The van der Waals surface area contributed by atoms with Crippen molar-refractivity contribution in [2.45, 2.75) is 6.61 Å². The number of benzene rings is 1. The molecule has 98 valence electrons. The first-order valence-corrected chi connectivity index (χ1v) is 5.70. The number of anilines is 1. The molecule has 0 bridgehead atoms. The van der Waals surface area contributed by atoms with Crippen LogP contribution >= 0.6 is 0 Å². The van der Waals surface area contributed by atoms with Crippen molar-refractivity contribution in [3.8, 4) is 5.75 Å². The van der Waals surface area contributed by atoms with Crippen molar-refractivity contribution in [2.24, 2.45) is 0 Å². The number of carbonyl (C=O) groups excluding carboxylic acids is 1. The highest BCUT2D eigenvalue weighted by atomic mass is 16.5. The van der Waals surface area contributed by atoms with Gasteiger partial charge in [-0.1, -0.05) is 6.07 Å². The summed E-state index contributed by atoms with van der Waals surface area (Å²) < 4.78 is 10.2. The Bertz CT molecular complexity index is 570. The molecule has 0 radical (unpaired) electrons. The number of rotatable bonds is 4. The van der Waals surface area contributed by atoms with E-state index in [4.69, 9.17) is 15.2 Å². The molecule has 2 N–H and O–H groups in total. The van der Waals surface area contributed by atoms with Gasteiger partial charge in [-0.25, -0.2) is 4.79 Å². The Hall–Kier alpha value is -2.56. The van der Waals surface area contributed by atoms with E-state index in [1.54, 1.807) is 36.7 Å². The molecule has 2 aromatic rings. The third-order valence-electron chi connectivity index (χ3n) is 2.57. The number of pyridine rings is 1. The van der Waals surface area contributed by atoms with Crippen molar-refractivity contribution in [3.63, 3.8) is 0 Å². The summed E-state index contributed by atoms with van der Waals surface area (Å²) in [6, 6.07) is 8.46. The van der Waals surface area contributed by atoms with E-state index in [9.17, 15) is 4.79 Å². The molecule has 1 aromatic heterocycles. The highest BCUT2D eigenvalue weighted by Gasteiger charge is 2.12. The van der Waals surface area contributed by atoms with Gasteiger partial charge in [0.05, 0.1) is 12.7 Å². The van der Waals surface area contributed by atoms with Crippen LogP contribution in [-0.4, -0.2) is 18.1 Å². The summed E-state index contributed by atoms with van der Waals surface area (Å²) in [4.78, 5) is 15.9. The molecular weight excluding hydrogens is 244 g/mol. The predicted octanol–water partition coefficient (Wildman–Crippen LogP) is 2.03. The van der Waals surface area contributed by atoms with Crippen LogP contribution in [0.15, 0.2) is 42.7 Å². The number of aromatic nitrogens is 1. The van der Waals surface area contributed by atoms with E-state index in [0.717, 1.165) is 5.56 Å². The lowest BCUT2D eigenvalue weighted by molar-refractivity contribution is 0.0473. The van der Waals surface area contributed by atoms with Crippen molar-refractivity contribution < 1.29 is 14.3 Å². The number of methoxy groups -OCH3 is 1. The maximum atomic E-state index is 11.9. The van der Waals surface area contributed by atoms with Crippen molar-refractivity contribution in [1.29, 1.82) is 0 Å². The number of carbonyl (C=O) groups is 1. The first-order chi connectivity index (χ1) is 9.20. The lowest BCUT2D eigenvalue weighted by atomic mass is 10.1. The lowest BCUT2D eigenvalue weighted by Crippen LogP contribution is -2.08. The van der Waals surface area contributed by atoms with Crippen LogP contribution in [0.4, 0.5) is 5.69 Å². The topological polar surface area (TPSA) is 74.4 Å². The van der Waals surface area contributed by atoms with Gasteiger partial charge in [-0.15, -0.1) is 0 Å². The summed E-state index contributed by atoms with van der Waals surface area (Å²) in [5.41, 5.74) is 7.22. The Morgan fingerprint density at radius 3 is 2.89 bits per heavy atom. The quantitative estimate of drug-likeness (QED) is 0.671. The second kappa shape index (κ2) is 5.86. The Morgan fingerprint density at radius 2 is 2.21 bits per heavy atom. The number of nitrogens with two attached hydrogens (primary N) is 1. The number of esters is 1. The SMILES string of the molecule is COc1ccc(N)c(C(=O)OCc2cccnc2)c1. The minimum absolute atomic E-state index is 0.156. The number of ether oxygens (including phenoxy) is 2. The minimum Gasteiger partial charge on any atom is -0.497 e. The van der Waals surface area contributed by atoms with Crippen LogP contribution in [0, 0.1) is 0 Å². The first-order valence-electron chi connectivity index (χ1n) is 5.70. The minimum atomic E-state index is -0.486. The molecule has 0 saturated heterocycles. The number of nitrogen functional groups attached to an aromatic ring is 1. The zero-order valence-corrected chi connectivity index (χ0v) is 10.5. The van der Waals surface area contributed by atoms with E-state index in [0.29, 0.717) is 17.0 Å². The standard InChI is InChI=1S/C14H14N2O3/c1-18-11-4-5-13(15)12(7-11)14(17)19-9-10-3-2-6-16-8-10/h2-8H,9,15H2,1H3. The van der Waals surface area contributed by atoms with Crippen LogP contribution < -0.4 is 10.5 Å².